The van der Waals surface area contributed by atoms with E-state index in [0.29, 0.717) is 42.7 Å². The Morgan fingerprint density at radius 1 is 1.14 bits per heavy atom. The lowest BCUT2D eigenvalue weighted by molar-refractivity contribution is -0.116. The predicted octanol–water partition coefficient (Wildman–Crippen LogP) is 3.97. The van der Waals surface area contributed by atoms with Crippen molar-refractivity contribution in [2.45, 2.75) is 12.8 Å². The van der Waals surface area contributed by atoms with Gasteiger partial charge < -0.3 is 20.3 Å². The Morgan fingerprint density at radius 3 is 2.74 bits per heavy atom. The summed E-state index contributed by atoms with van der Waals surface area (Å²) in [6, 6.07) is 13.4. The molecule has 1 aromatic heterocycles. The highest BCUT2D eigenvalue weighted by atomic mass is 35.5. The van der Waals surface area contributed by atoms with E-state index in [1.165, 1.54) is 0 Å². The Morgan fingerprint density at radius 2 is 1.94 bits per heavy atom. The first-order valence-corrected chi connectivity index (χ1v) is 12.4. The first kappa shape index (κ1) is 25.3. The van der Waals surface area contributed by atoms with Gasteiger partial charge in [-0.2, -0.15) is 0 Å². The second-order valence-electron chi connectivity index (χ2n) is 8.94. The van der Waals surface area contributed by atoms with Gasteiger partial charge in [-0.15, -0.1) is 0 Å². The molecule has 0 spiro atoms. The van der Waals surface area contributed by atoms with Crippen molar-refractivity contribution in [3.8, 4) is 11.4 Å². The number of nitrogens with one attached hydrogen (secondary N) is 2. The fraction of sp³-hybridized carbons (Fsp3) is 0.423. The fourth-order valence-electron chi connectivity index (χ4n) is 4.05. The van der Waals surface area contributed by atoms with Gasteiger partial charge in [0.25, 0.3) is 0 Å². The summed E-state index contributed by atoms with van der Waals surface area (Å²) >= 11 is 6.29. The lowest BCUT2D eigenvalue weighted by atomic mass is 10.1. The summed E-state index contributed by atoms with van der Waals surface area (Å²) in [6.45, 7) is 5.61. The SMILES string of the molecule is CN(C)CCCNc1nc(-c2ccc(Cl)cc2NC(=O)CCN2CCOCC2)nc2ccccc12. The highest BCUT2D eigenvalue weighted by Gasteiger charge is 2.16. The van der Waals surface area contributed by atoms with Crippen molar-refractivity contribution in [1.82, 2.24) is 19.8 Å². The summed E-state index contributed by atoms with van der Waals surface area (Å²) in [5, 5.41) is 8.01. The van der Waals surface area contributed by atoms with E-state index >= 15 is 0 Å². The Hall–Kier alpha value is -2.78. The Kier molecular flexibility index (Phi) is 8.87. The predicted molar refractivity (Wildman–Crippen MR) is 142 cm³/mol. The zero-order valence-corrected chi connectivity index (χ0v) is 21.1. The van der Waals surface area contributed by atoms with Crippen LogP contribution in [0.2, 0.25) is 5.02 Å². The Labute approximate surface area is 211 Å². The zero-order chi connectivity index (χ0) is 24.6. The monoisotopic (exact) mass is 496 g/mol. The van der Waals surface area contributed by atoms with Gasteiger partial charge in [0.1, 0.15) is 5.82 Å². The van der Waals surface area contributed by atoms with Crippen LogP contribution in [-0.4, -0.2) is 85.7 Å². The maximum absolute atomic E-state index is 12.8. The number of morpholine rings is 1. The molecule has 9 heteroatoms. The molecule has 0 saturated carbocycles. The highest BCUT2D eigenvalue weighted by molar-refractivity contribution is 6.31. The van der Waals surface area contributed by atoms with Crippen molar-refractivity contribution in [2.24, 2.45) is 0 Å². The number of hydrogen-bond donors (Lipinski definition) is 2. The number of amides is 1. The summed E-state index contributed by atoms with van der Waals surface area (Å²) in [7, 11) is 4.13. The number of rotatable bonds is 10. The number of aromatic nitrogens is 2. The van der Waals surface area contributed by atoms with Crippen LogP contribution in [0.5, 0.6) is 0 Å². The minimum Gasteiger partial charge on any atom is -0.379 e. The van der Waals surface area contributed by atoms with E-state index in [1.807, 2.05) is 30.3 Å². The normalized spacial score (nSPS) is 14.4. The lowest BCUT2D eigenvalue weighted by Gasteiger charge is -2.26. The van der Waals surface area contributed by atoms with Crippen molar-refractivity contribution in [3.63, 3.8) is 0 Å². The molecule has 2 aromatic carbocycles. The first-order chi connectivity index (χ1) is 17.0. The number of hydrogen-bond acceptors (Lipinski definition) is 7. The van der Waals surface area contributed by atoms with Crippen LogP contribution >= 0.6 is 11.6 Å². The standard InChI is InChI=1S/C26H33ClN6O2/c1-32(2)12-5-11-28-25-20-6-3-4-7-22(20)30-26(31-25)21-9-8-19(27)18-23(21)29-24(34)10-13-33-14-16-35-17-15-33/h3-4,6-9,18H,5,10-17H2,1-2H3,(H,29,34)(H,28,30,31). The van der Waals surface area contributed by atoms with Crippen LogP contribution in [-0.2, 0) is 9.53 Å². The molecule has 186 valence electrons. The maximum Gasteiger partial charge on any atom is 0.225 e. The molecule has 0 unspecified atom stereocenters. The third kappa shape index (κ3) is 7.11. The maximum atomic E-state index is 12.8. The largest absolute Gasteiger partial charge is 0.379 e. The van der Waals surface area contributed by atoms with Crippen molar-refractivity contribution in [3.05, 3.63) is 47.5 Å². The topological polar surface area (TPSA) is 82.6 Å². The number of nitrogens with zero attached hydrogens (tertiary/aromatic N) is 4. The van der Waals surface area contributed by atoms with Gasteiger partial charge >= 0.3 is 0 Å². The van der Waals surface area contributed by atoms with Crippen LogP contribution in [0.25, 0.3) is 22.3 Å². The van der Waals surface area contributed by atoms with Crippen molar-refractivity contribution in [2.75, 3.05) is 70.7 Å². The molecular formula is C26H33ClN6O2. The van der Waals surface area contributed by atoms with Gasteiger partial charge in [-0.1, -0.05) is 23.7 Å². The molecule has 1 fully saturated rings. The zero-order valence-electron chi connectivity index (χ0n) is 20.4. The average molecular weight is 497 g/mol. The quantitative estimate of drug-likeness (QED) is 0.411. The van der Waals surface area contributed by atoms with E-state index in [0.717, 1.165) is 54.9 Å². The van der Waals surface area contributed by atoms with Gasteiger partial charge in [0.15, 0.2) is 5.82 Å². The summed E-state index contributed by atoms with van der Waals surface area (Å²) in [5.74, 6) is 1.26. The molecule has 2 N–H and O–H groups in total. The van der Waals surface area contributed by atoms with E-state index < -0.39 is 0 Å². The van der Waals surface area contributed by atoms with Crippen LogP contribution in [0.3, 0.4) is 0 Å². The third-order valence-corrected chi connectivity index (χ3v) is 6.17. The number of carbonyl (C=O) groups excluding carboxylic acids is 1. The molecule has 1 amide bonds. The molecule has 1 aliphatic rings. The summed E-state index contributed by atoms with van der Waals surface area (Å²) in [5.41, 5.74) is 2.18. The van der Waals surface area contributed by atoms with E-state index in [4.69, 9.17) is 26.3 Å². The first-order valence-electron chi connectivity index (χ1n) is 12.0. The molecule has 0 aliphatic carbocycles. The number of ether oxygens (including phenoxy) is 1. The average Bonchev–Trinajstić information content (AvgIpc) is 2.86. The minimum atomic E-state index is -0.0668. The van der Waals surface area contributed by atoms with Gasteiger partial charge in [0, 0.05) is 48.6 Å². The Bertz CT molecular complexity index is 1150. The molecule has 4 rings (SSSR count). The summed E-state index contributed by atoms with van der Waals surface area (Å²) in [6.07, 6.45) is 1.38. The lowest BCUT2D eigenvalue weighted by Crippen LogP contribution is -2.38. The van der Waals surface area contributed by atoms with Crippen LogP contribution in [0.15, 0.2) is 42.5 Å². The van der Waals surface area contributed by atoms with Gasteiger partial charge in [-0.3, -0.25) is 9.69 Å². The van der Waals surface area contributed by atoms with Crippen molar-refractivity contribution >= 4 is 39.9 Å². The second kappa shape index (κ2) is 12.3. The van der Waals surface area contributed by atoms with E-state index in [9.17, 15) is 4.79 Å². The Balaban J connectivity index is 1.56. The molecule has 3 aromatic rings. The minimum absolute atomic E-state index is 0.0668. The number of halogens is 1. The number of fused-ring (bicyclic) bond motifs is 1. The van der Waals surface area contributed by atoms with E-state index in [2.05, 4.69) is 34.5 Å². The fourth-order valence-corrected chi connectivity index (χ4v) is 4.22. The molecule has 0 radical (unpaired) electrons. The van der Waals surface area contributed by atoms with E-state index in [1.54, 1.807) is 12.1 Å². The van der Waals surface area contributed by atoms with Gasteiger partial charge in [0.2, 0.25) is 5.91 Å². The smallest absolute Gasteiger partial charge is 0.225 e. The highest BCUT2D eigenvalue weighted by Crippen LogP contribution is 2.31. The van der Waals surface area contributed by atoms with Gasteiger partial charge in [-0.25, -0.2) is 9.97 Å². The van der Waals surface area contributed by atoms with Crippen LogP contribution < -0.4 is 10.6 Å². The molecule has 2 heterocycles. The van der Waals surface area contributed by atoms with Gasteiger partial charge in [0.05, 0.1) is 24.4 Å². The molecule has 0 atom stereocenters. The number of para-hydroxylation sites is 1. The van der Waals surface area contributed by atoms with Crippen molar-refractivity contribution in [1.29, 1.82) is 0 Å². The van der Waals surface area contributed by atoms with Crippen LogP contribution in [0.4, 0.5) is 11.5 Å². The third-order valence-electron chi connectivity index (χ3n) is 5.93. The molecule has 1 aliphatic heterocycles. The second-order valence-corrected chi connectivity index (χ2v) is 9.38. The number of benzene rings is 2. The molecule has 35 heavy (non-hydrogen) atoms. The van der Waals surface area contributed by atoms with Gasteiger partial charge in [-0.05, 0) is 57.4 Å². The molecule has 8 nitrogen and oxygen atoms in total. The van der Waals surface area contributed by atoms with Crippen LogP contribution in [0.1, 0.15) is 12.8 Å². The number of anilines is 2. The number of carbonyl (C=O) groups is 1. The summed E-state index contributed by atoms with van der Waals surface area (Å²) < 4.78 is 5.38. The molecule has 0 bridgehead atoms. The van der Waals surface area contributed by atoms with Crippen LogP contribution in [0, 0.1) is 0 Å². The van der Waals surface area contributed by atoms with Crippen molar-refractivity contribution < 1.29 is 9.53 Å². The summed E-state index contributed by atoms with van der Waals surface area (Å²) in [4.78, 5) is 26.8. The molecular weight excluding hydrogens is 464 g/mol. The molecule has 1 saturated heterocycles. The van der Waals surface area contributed by atoms with E-state index in [-0.39, 0.29) is 5.91 Å².